The Hall–Kier alpha value is -2.99. The number of hydrogen-bond acceptors (Lipinski definition) is 4. The largest absolute Gasteiger partial charge is 0.490 e. The van der Waals surface area contributed by atoms with Gasteiger partial charge in [-0.25, -0.2) is 0 Å². The highest BCUT2D eigenvalue weighted by Crippen LogP contribution is 2.17. The highest BCUT2D eigenvalue weighted by atomic mass is 35.5. The third-order valence-electron chi connectivity index (χ3n) is 4.56. The van der Waals surface area contributed by atoms with Gasteiger partial charge in [0.05, 0.1) is 0 Å². The van der Waals surface area contributed by atoms with Crippen LogP contribution in [0.5, 0.6) is 11.5 Å². The van der Waals surface area contributed by atoms with Gasteiger partial charge in [0.1, 0.15) is 18.1 Å². The average Bonchev–Trinajstić information content (AvgIpc) is 2.77. The molecule has 2 aromatic rings. The number of carbonyl (C=O) groups is 2. The number of benzene rings is 2. The molecular weight excluding hydrogens is 392 g/mol. The molecular formula is C22H23ClN2O4. The average molecular weight is 415 g/mol. The molecule has 1 aliphatic heterocycles. The SMILES string of the molecule is C=CCOc1ccc(C(=O)N2CCN(C(=O)COc3ccc(Cl)cc3)CC2)cc1. The molecule has 2 aromatic carbocycles. The van der Waals surface area contributed by atoms with Gasteiger partial charge < -0.3 is 19.3 Å². The number of hydrogen-bond donors (Lipinski definition) is 0. The molecule has 1 fully saturated rings. The van der Waals surface area contributed by atoms with Crippen molar-refractivity contribution in [1.29, 1.82) is 0 Å². The summed E-state index contributed by atoms with van der Waals surface area (Å²) in [6.07, 6.45) is 1.67. The summed E-state index contributed by atoms with van der Waals surface area (Å²) in [5.41, 5.74) is 0.599. The summed E-state index contributed by atoms with van der Waals surface area (Å²) in [5, 5.41) is 0.614. The van der Waals surface area contributed by atoms with Crippen molar-refractivity contribution in [3.63, 3.8) is 0 Å². The molecule has 0 bridgehead atoms. The minimum Gasteiger partial charge on any atom is -0.490 e. The van der Waals surface area contributed by atoms with Gasteiger partial charge in [-0.3, -0.25) is 9.59 Å². The van der Waals surface area contributed by atoms with Crippen LogP contribution in [0, 0.1) is 0 Å². The van der Waals surface area contributed by atoms with E-state index in [4.69, 9.17) is 21.1 Å². The van der Waals surface area contributed by atoms with E-state index < -0.39 is 0 Å². The zero-order chi connectivity index (χ0) is 20.6. The van der Waals surface area contributed by atoms with Crippen molar-refractivity contribution in [2.75, 3.05) is 39.4 Å². The lowest BCUT2D eigenvalue weighted by molar-refractivity contribution is -0.134. The van der Waals surface area contributed by atoms with Crippen molar-refractivity contribution in [3.8, 4) is 11.5 Å². The predicted molar refractivity (Wildman–Crippen MR) is 112 cm³/mol. The summed E-state index contributed by atoms with van der Waals surface area (Å²) < 4.78 is 10.9. The molecule has 0 atom stereocenters. The van der Waals surface area contributed by atoms with Gasteiger partial charge in [-0.2, -0.15) is 0 Å². The van der Waals surface area contributed by atoms with Gasteiger partial charge in [-0.15, -0.1) is 0 Å². The van der Waals surface area contributed by atoms with E-state index in [0.29, 0.717) is 54.9 Å². The summed E-state index contributed by atoms with van der Waals surface area (Å²) in [6, 6.07) is 13.9. The molecule has 0 radical (unpaired) electrons. The lowest BCUT2D eigenvalue weighted by Crippen LogP contribution is -2.51. The minimum atomic E-state index is -0.101. The van der Waals surface area contributed by atoms with Crippen molar-refractivity contribution in [1.82, 2.24) is 9.80 Å². The normalized spacial score (nSPS) is 13.7. The Kier molecular flexibility index (Phi) is 7.14. The Morgan fingerprint density at radius 1 is 0.897 bits per heavy atom. The van der Waals surface area contributed by atoms with Crippen LogP contribution in [0.25, 0.3) is 0 Å². The van der Waals surface area contributed by atoms with Crippen LogP contribution in [0.3, 0.4) is 0 Å². The Balaban J connectivity index is 1.46. The van der Waals surface area contributed by atoms with E-state index in [0.717, 1.165) is 0 Å². The van der Waals surface area contributed by atoms with Crippen molar-refractivity contribution in [2.24, 2.45) is 0 Å². The van der Waals surface area contributed by atoms with Crippen molar-refractivity contribution < 1.29 is 19.1 Å². The number of nitrogens with zero attached hydrogens (tertiary/aromatic N) is 2. The molecule has 0 unspecified atom stereocenters. The molecule has 1 saturated heterocycles. The minimum absolute atomic E-state index is 0.0399. The van der Waals surface area contributed by atoms with Crippen molar-refractivity contribution >= 4 is 23.4 Å². The molecule has 6 nitrogen and oxygen atoms in total. The molecule has 0 N–H and O–H groups in total. The van der Waals surface area contributed by atoms with E-state index >= 15 is 0 Å². The molecule has 2 amide bonds. The fourth-order valence-corrected chi connectivity index (χ4v) is 3.08. The fraction of sp³-hybridized carbons (Fsp3) is 0.273. The zero-order valence-electron chi connectivity index (χ0n) is 16.1. The maximum atomic E-state index is 12.7. The molecule has 29 heavy (non-hydrogen) atoms. The molecule has 152 valence electrons. The smallest absolute Gasteiger partial charge is 0.260 e. The fourth-order valence-electron chi connectivity index (χ4n) is 2.96. The van der Waals surface area contributed by atoms with E-state index in [1.165, 1.54) is 0 Å². The van der Waals surface area contributed by atoms with Crippen LogP contribution in [0.2, 0.25) is 5.02 Å². The highest BCUT2D eigenvalue weighted by Gasteiger charge is 2.25. The Morgan fingerprint density at radius 2 is 1.45 bits per heavy atom. The second-order valence-electron chi connectivity index (χ2n) is 6.54. The number of ether oxygens (including phenoxy) is 2. The molecule has 0 aliphatic carbocycles. The van der Waals surface area contributed by atoms with Gasteiger partial charge in [-0.05, 0) is 48.5 Å². The first kappa shape index (κ1) is 20.7. The van der Waals surface area contributed by atoms with Crippen LogP contribution in [-0.2, 0) is 4.79 Å². The Bertz CT molecular complexity index is 844. The molecule has 1 aliphatic rings. The number of piperazine rings is 1. The summed E-state index contributed by atoms with van der Waals surface area (Å²) >= 11 is 5.83. The summed E-state index contributed by atoms with van der Waals surface area (Å²) in [5.74, 6) is 1.13. The van der Waals surface area contributed by atoms with E-state index in [2.05, 4.69) is 6.58 Å². The first-order valence-corrected chi connectivity index (χ1v) is 9.74. The third-order valence-corrected chi connectivity index (χ3v) is 4.82. The van der Waals surface area contributed by atoms with E-state index in [-0.39, 0.29) is 18.4 Å². The lowest BCUT2D eigenvalue weighted by Gasteiger charge is -2.34. The van der Waals surface area contributed by atoms with Gasteiger partial charge in [0.25, 0.3) is 11.8 Å². The van der Waals surface area contributed by atoms with Gasteiger partial charge in [0, 0.05) is 36.8 Å². The number of rotatable bonds is 7. The van der Waals surface area contributed by atoms with Crippen LogP contribution < -0.4 is 9.47 Å². The first-order chi connectivity index (χ1) is 14.1. The summed E-state index contributed by atoms with van der Waals surface area (Å²) in [7, 11) is 0. The van der Waals surface area contributed by atoms with Crippen molar-refractivity contribution in [2.45, 2.75) is 0 Å². The number of halogens is 1. The van der Waals surface area contributed by atoms with E-state index in [9.17, 15) is 9.59 Å². The lowest BCUT2D eigenvalue weighted by atomic mass is 10.1. The molecule has 0 spiro atoms. The van der Waals surface area contributed by atoms with Crippen LogP contribution in [-0.4, -0.2) is 61.0 Å². The summed E-state index contributed by atoms with van der Waals surface area (Å²) in [4.78, 5) is 28.5. The van der Waals surface area contributed by atoms with Crippen LogP contribution >= 0.6 is 11.6 Å². The standard InChI is InChI=1S/C22H23ClN2O4/c1-2-15-28-19-7-3-17(4-8-19)22(27)25-13-11-24(12-14-25)21(26)16-29-20-9-5-18(23)6-10-20/h2-10H,1,11-16H2. The molecule has 0 aromatic heterocycles. The van der Waals surface area contributed by atoms with E-state index in [1.54, 1.807) is 64.4 Å². The third kappa shape index (κ3) is 5.74. The Morgan fingerprint density at radius 3 is 2.07 bits per heavy atom. The van der Waals surface area contributed by atoms with Crippen LogP contribution in [0.1, 0.15) is 10.4 Å². The van der Waals surface area contributed by atoms with Gasteiger partial charge in [-0.1, -0.05) is 24.3 Å². The van der Waals surface area contributed by atoms with Gasteiger partial charge >= 0.3 is 0 Å². The van der Waals surface area contributed by atoms with Gasteiger partial charge in [0.15, 0.2) is 6.61 Å². The van der Waals surface area contributed by atoms with E-state index in [1.807, 2.05) is 0 Å². The van der Waals surface area contributed by atoms with Crippen LogP contribution in [0.15, 0.2) is 61.2 Å². The maximum absolute atomic E-state index is 12.7. The molecule has 0 saturated carbocycles. The number of carbonyl (C=O) groups excluding carboxylic acids is 2. The highest BCUT2D eigenvalue weighted by molar-refractivity contribution is 6.30. The monoisotopic (exact) mass is 414 g/mol. The van der Waals surface area contributed by atoms with Crippen molar-refractivity contribution in [3.05, 3.63) is 71.8 Å². The summed E-state index contributed by atoms with van der Waals surface area (Å²) in [6.45, 7) is 5.92. The molecule has 1 heterocycles. The molecule has 7 heteroatoms. The molecule has 3 rings (SSSR count). The first-order valence-electron chi connectivity index (χ1n) is 9.36. The quantitative estimate of drug-likeness (QED) is 0.652. The second kappa shape index (κ2) is 9.98. The zero-order valence-corrected chi connectivity index (χ0v) is 16.8. The topological polar surface area (TPSA) is 59.1 Å². The Labute approximate surface area is 175 Å². The second-order valence-corrected chi connectivity index (χ2v) is 6.98. The van der Waals surface area contributed by atoms with Crippen LogP contribution in [0.4, 0.5) is 0 Å². The maximum Gasteiger partial charge on any atom is 0.260 e. The number of amides is 2. The van der Waals surface area contributed by atoms with Gasteiger partial charge in [0.2, 0.25) is 0 Å². The predicted octanol–water partition coefficient (Wildman–Crippen LogP) is 3.27.